The Morgan fingerprint density at radius 2 is 1.81 bits per heavy atom. The smallest absolute Gasteiger partial charge is 0.270 e. The fourth-order valence-corrected chi connectivity index (χ4v) is 4.84. The Morgan fingerprint density at radius 1 is 1.13 bits per heavy atom. The molecule has 1 unspecified atom stereocenters. The number of amides is 1. The number of anilines is 1. The molecule has 3 aromatic rings. The van der Waals surface area contributed by atoms with E-state index in [2.05, 4.69) is 20.2 Å². The van der Waals surface area contributed by atoms with Crippen molar-refractivity contribution in [3.05, 3.63) is 59.1 Å². The average Bonchev–Trinajstić information content (AvgIpc) is 3.22. The van der Waals surface area contributed by atoms with E-state index in [-0.39, 0.29) is 26.7 Å². The van der Waals surface area contributed by atoms with E-state index < -0.39 is 22.0 Å². The summed E-state index contributed by atoms with van der Waals surface area (Å²) in [5.74, 6) is 0.523. The van der Waals surface area contributed by atoms with Crippen LogP contribution >= 0.6 is 22.9 Å². The summed E-state index contributed by atoms with van der Waals surface area (Å²) in [6.07, 6.45) is 0. The molecule has 0 aliphatic heterocycles. The highest BCUT2D eigenvalue weighted by Gasteiger charge is 2.24. The fourth-order valence-electron chi connectivity index (χ4n) is 2.48. The minimum absolute atomic E-state index is 0.0308. The standard InChI is InChI=1S/C19H19ClN4O5S2/c1-12(11-29-16-10-6-5-9-15(16)28-2)24-31(26,27)19-23-22-18(30-19)21-17(25)13-7-3-4-8-14(13)20/h3-10,12,24H,11H2,1-2H3,(H,21,22,25). The van der Waals surface area contributed by atoms with Crippen LogP contribution in [-0.4, -0.2) is 44.3 Å². The van der Waals surface area contributed by atoms with Gasteiger partial charge in [-0.25, -0.2) is 13.1 Å². The van der Waals surface area contributed by atoms with Crippen molar-refractivity contribution < 1.29 is 22.7 Å². The van der Waals surface area contributed by atoms with Gasteiger partial charge in [0.2, 0.25) is 9.47 Å². The van der Waals surface area contributed by atoms with Crippen LogP contribution in [0.2, 0.25) is 5.02 Å². The first-order chi connectivity index (χ1) is 14.8. The Morgan fingerprint density at radius 3 is 2.52 bits per heavy atom. The molecule has 2 aromatic carbocycles. The number of methoxy groups -OCH3 is 1. The van der Waals surface area contributed by atoms with Crippen LogP contribution in [-0.2, 0) is 10.0 Å². The van der Waals surface area contributed by atoms with Crippen LogP contribution in [0.25, 0.3) is 0 Å². The van der Waals surface area contributed by atoms with Gasteiger partial charge in [-0.3, -0.25) is 10.1 Å². The van der Waals surface area contributed by atoms with Gasteiger partial charge < -0.3 is 9.47 Å². The molecule has 12 heteroatoms. The molecule has 164 valence electrons. The number of rotatable bonds is 9. The number of sulfonamides is 1. The number of carbonyl (C=O) groups excluding carboxylic acids is 1. The largest absolute Gasteiger partial charge is 0.493 e. The quantitative estimate of drug-likeness (QED) is 0.449. The topological polar surface area (TPSA) is 120 Å². The predicted octanol–water partition coefficient (Wildman–Crippen LogP) is 3.20. The van der Waals surface area contributed by atoms with Gasteiger partial charge in [-0.1, -0.05) is 47.2 Å². The zero-order valence-electron chi connectivity index (χ0n) is 16.5. The van der Waals surface area contributed by atoms with E-state index in [9.17, 15) is 13.2 Å². The second-order valence-corrected chi connectivity index (χ2v) is 9.56. The maximum atomic E-state index is 12.6. The minimum Gasteiger partial charge on any atom is -0.493 e. The molecule has 1 amide bonds. The van der Waals surface area contributed by atoms with Gasteiger partial charge in [0.1, 0.15) is 6.61 Å². The van der Waals surface area contributed by atoms with E-state index in [0.29, 0.717) is 11.5 Å². The van der Waals surface area contributed by atoms with E-state index >= 15 is 0 Å². The van der Waals surface area contributed by atoms with Crippen LogP contribution < -0.4 is 19.5 Å². The predicted molar refractivity (Wildman–Crippen MR) is 118 cm³/mol. The Hall–Kier alpha value is -2.73. The van der Waals surface area contributed by atoms with Crippen molar-refractivity contribution in [1.29, 1.82) is 0 Å². The maximum Gasteiger partial charge on any atom is 0.270 e. The number of nitrogens with one attached hydrogen (secondary N) is 2. The lowest BCUT2D eigenvalue weighted by Gasteiger charge is -2.15. The first kappa shape index (κ1) is 22.9. The van der Waals surface area contributed by atoms with E-state index in [1.165, 1.54) is 7.11 Å². The molecule has 9 nitrogen and oxygen atoms in total. The van der Waals surface area contributed by atoms with Crippen molar-refractivity contribution in [3.8, 4) is 11.5 Å². The number of halogens is 1. The number of hydrogen-bond donors (Lipinski definition) is 2. The van der Waals surface area contributed by atoms with Gasteiger partial charge in [-0.15, -0.1) is 10.2 Å². The highest BCUT2D eigenvalue weighted by molar-refractivity contribution is 7.91. The van der Waals surface area contributed by atoms with Gasteiger partial charge >= 0.3 is 0 Å². The molecule has 1 heterocycles. The third kappa shape index (κ3) is 5.91. The zero-order chi connectivity index (χ0) is 22.4. The van der Waals surface area contributed by atoms with Gasteiger partial charge in [-0.05, 0) is 31.2 Å². The zero-order valence-corrected chi connectivity index (χ0v) is 18.9. The lowest BCUT2D eigenvalue weighted by atomic mass is 10.2. The molecule has 31 heavy (non-hydrogen) atoms. The van der Waals surface area contributed by atoms with Gasteiger partial charge in [0.15, 0.2) is 11.5 Å². The highest BCUT2D eigenvalue weighted by Crippen LogP contribution is 2.26. The lowest BCUT2D eigenvalue weighted by Crippen LogP contribution is -2.36. The molecular weight excluding hydrogens is 464 g/mol. The van der Waals surface area contributed by atoms with Crippen molar-refractivity contribution in [2.45, 2.75) is 17.3 Å². The van der Waals surface area contributed by atoms with Crippen LogP contribution in [0.5, 0.6) is 11.5 Å². The molecule has 0 spiro atoms. The number of aromatic nitrogens is 2. The molecule has 1 atom stereocenters. The van der Waals surface area contributed by atoms with Crippen molar-refractivity contribution in [3.63, 3.8) is 0 Å². The summed E-state index contributed by atoms with van der Waals surface area (Å²) in [5, 5.41) is 10.2. The molecule has 0 aliphatic rings. The highest BCUT2D eigenvalue weighted by atomic mass is 35.5. The molecule has 0 saturated heterocycles. The van der Waals surface area contributed by atoms with Crippen LogP contribution in [0.15, 0.2) is 52.9 Å². The second kappa shape index (κ2) is 10.1. The first-order valence-corrected chi connectivity index (χ1v) is 11.7. The second-order valence-electron chi connectivity index (χ2n) is 6.29. The van der Waals surface area contributed by atoms with Crippen molar-refractivity contribution >= 4 is 44.0 Å². The lowest BCUT2D eigenvalue weighted by molar-refractivity contribution is 0.102. The molecule has 3 rings (SSSR count). The number of carbonyl (C=O) groups is 1. The summed E-state index contributed by atoms with van der Waals surface area (Å²) >= 11 is 6.72. The molecule has 0 bridgehead atoms. The van der Waals surface area contributed by atoms with Gasteiger partial charge in [0.25, 0.3) is 15.9 Å². The summed E-state index contributed by atoms with van der Waals surface area (Å²) in [6, 6.07) is 12.9. The molecule has 1 aromatic heterocycles. The number of hydrogen-bond acceptors (Lipinski definition) is 8. The number of nitrogens with zero attached hydrogens (tertiary/aromatic N) is 2. The third-order valence-corrected chi connectivity index (χ3v) is 7.01. The van der Waals surface area contributed by atoms with E-state index in [1.54, 1.807) is 55.5 Å². The van der Waals surface area contributed by atoms with E-state index in [1.807, 2.05) is 0 Å². The van der Waals surface area contributed by atoms with Crippen LogP contribution in [0, 0.1) is 0 Å². The van der Waals surface area contributed by atoms with Crippen molar-refractivity contribution in [2.24, 2.45) is 0 Å². The third-order valence-electron chi connectivity index (χ3n) is 3.89. The van der Waals surface area contributed by atoms with Gasteiger partial charge in [0.05, 0.1) is 23.7 Å². The van der Waals surface area contributed by atoms with Crippen LogP contribution in [0.4, 0.5) is 5.13 Å². The Labute approximate surface area is 188 Å². The summed E-state index contributed by atoms with van der Waals surface area (Å²) in [6.45, 7) is 1.71. The Balaban J connectivity index is 1.61. The Bertz CT molecular complexity index is 1170. The normalized spacial score (nSPS) is 12.2. The minimum atomic E-state index is -3.96. The number of benzene rings is 2. The summed E-state index contributed by atoms with van der Waals surface area (Å²) < 4.78 is 38.2. The SMILES string of the molecule is COc1ccccc1OCC(C)NS(=O)(=O)c1nnc(NC(=O)c2ccccc2Cl)s1. The van der Waals surface area contributed by atoms with Crippen molar-refractivity contribution in [2.75, 3.05) is 19.0 Å². The Kier molecular flexibility index (Phi) is 7.44. The number of ether oxygens (including phenoxy) is 2. The molecular formula is C19H19ClN4O5S2. The molecule has 0 aliphatic carbocycles. The summed E-state index contributed by atoms with van der Waals surface area (Å²) in [5.41, 5.74) is 0.240. The summed E-state index contributed by atoms with van der Waals surface area (Å²) in [4.78, 5) is 12.3. The molecule has 0 saturated carbocycles. The first-order valence-electron chi connectivity index (χ1n) is 8.97. The van der Waals surface area contributed by atoms with Crippen LogP contribution in [0.1, 0.15) is 17.3 Å². The maximum absolute atomic E-state index is 12.6. The van der Waals surface area contributed by atoms with Gasteiger partial charge in [0, 0.05) is 0 Å². The molecule has 2 N–H and O–H groups in total. The summed E-state index contributed by atoms with van der Waals surface area (Å²) in [7, 11) is -2.44. The van der Waals surface area contributed by atoms with Crippen molar-refractivity contribution in [1.82, 2.24) is 14.9 Å². The monoisotopic (exact) mass is 482 g/mol. The molecule has 0 radical (unpaired) electrons. The number of para-hydroxylation sites is 2. The van der Waals surface area contributed by atoms with E-state index in [4.69, 9.17) is 21.1 Å². The fraction of sp³-hybridized carbons (Fsp3) is 0.211. The van der Waals surface area contributed by atoms with Crippen LogP contribution in [0.3, 0.4) is 0 Å². The molecule has 0 fully saturated rings. The van der Waals surface area contributed by atoms with Gasteiger partial charge in [-0.2, -0.15) is 0 Å². The average molecular weight is 483 g/mol. The van der Waals surface area contributed by atoms with E-state index in [0.717, 1.165) is 11.3 Å².